The van der Waals surface area contributed by atoms with Crippen LogP contribution in [0.3, 0.4) is 0 Å². The molecule has 4 nitrogen and oxygen atoms in total. The van der Waals surface area contributed by atoms with Gasteiger partial charge in [-0.1, -0.05) is 12.1 Å². The zero-order chi connectivity index (χ0) is 16.7. The number of hydrogen-bond acceptors (Lipinski definition) is 2. The number of rotatable bonds is 5. The first-order chi connectivity index (χ1) is 11.6. The van der Waals surface area contributed by atoms with Gasteiger partial charge in [0, 0.05) is 17.2 Å². The highest BCUT2D eigenvalue weighted by Crippen LogP contribution is 2.47. The Kier molecular flexibility index (Phi) is 3.87. The van der Waals surface area contributed by atoms with Gasteiger partial charge < -0.3 is 5.11 Å². The summed E-state index contributed by atoms with van der Waals surface area (Å²) in [4.78, 5) is 11.2. The van der Waals surface area contributed by atoms with Gasteiger partial charge in [0.1, 0.15) is 5.82 Å². The van der Waals surface area contributed by atoms with E-state index in [4.69, 9.17) is 5.10 Å². The third kappa shape index (κ3) is 2.95. The van der Waals surface area contributed by atoms with Crippen LogP contribution >= 0.6 is 0 Å². The number of carbonyl (C=O) groups is 1. The van der Waals surface area contributed by atoms with E-state index in [0.717, 1.165) is 43.4 Å². The van der Waals surface area contributed by atoms with Gasteiger partial charge in [-0.2, -0.15) is 5.10 Å². The molecule has 2 aromatic rings. The number of fused-ring (bicyclic) bond motifs is 1. The molecule has 5 heteroatoms. The van der Waals surface area contributed by atoms with Crippen LogP contribution in [0, 0.1) is 5.82 Å². The molecule has 4 rings (SSSR count). The smallest absolute Gasteiger partial charge is 0.303 e. The Labute approximate surface area is 140 Å². The van der Waals surface area contributed by atoms with Crippen LogP contribution in [0.15, 0.2) is 24.3 Å². The average Bonchev–Trinajstić information content (AvgIpc) is 3.33. The normalized spacial score (nSPS) is 20.0. The fraction of sp³-hybridized carbons (Fsp3) is 0.474. The van der Waals surface area contributed by atoms with Crippen molar-refractivity contribution in [3.8, 4) is 0 Å². The third-order valence-electron chi connectivity index (χ3n) is 5.13. The van der Waals surface area contributed by atoms with Crippen LogP contribution in [0.4, 0.5) is 4.39 Å². The Hall–Kier alpha value is -2.17. The SMILES string of the molecule is O=C(O)CC1CCCc2c1c(C1CC1)nn2Cc1ccc(F)cc1. The van der Waals surface area contributed by atoms with E-state index < -0.39 is 5.97 Å². The fourth-order valence-corrected chi connectivity index (χ4v) is 3.87. The molecule has 2 aliphatic carbocycles. The Balaban J connectivity index is 1.70. The molecule has 1 N–H and O–H groups in total. The molecule has 2 aliphatic rings. The molecule has 0 aliphatic heterocycles. The molecule has 0 radical (unpaired) electrons. The highest BCUT2D eigenvalue weighted by atomic mass is 19.1. The van der Waals surface area contributed by atoms with E-state index in [0.29, 0.717) is 12.5 Å². The lowest BCUT2D eigenvalue weighted by atomic mass is 9.82. The van der Waals surface area contributed by atoms with Crippen molar-refractivity contribution in [1.29, 1.82) is 0 Å². The Morgan fingerprint density at radius 3 is 2.67 bits per heavy atom. The van der Waals surface area contributed by atoms with Crippen molar-refractivity contribution in [2.24, 2.45) is 0 Å². The monoisotopic (exact) mass is 328 g/mol. The summed E-state index contributed by atoms with van der Waals surface area (Å²) in [5, 5.41) is 14.1. The van der Waals surface area contributed by atoms with Gasteiger partial charge in [-0.15, -0.1) is 0 Å². The highest BCUT2D eigenvalue weighted by molar-refractivity contribution is 5.68. The summed E-state index contributed by atoms with van der Waals surface area (Å²) in [6.07, 6.45) is 5.38. The molecule has 1 heterocycles. The molecule has 1 atom stereocenters. The van der Waals surface area contributed by atoms with Gasteiger partial charge in [0.25, 0.3) is 0 Å². The van der Waals surface area contributed by atoms with Crippen LogP contribution in [0.1, 0.15) is 66.5 Å². The molecule has 1 saturated carbocycles. The van der Waals surface area contributed by atoms with Crippen molar-refractivity contribution in [2.75, 3.05) is 0 Å². The first-order valence-electron chi connectivity index (χ1n) is 8.67. The lowest BCUT2D eigenvalue weighted by Gasteiger charge is -2.23. The molecule has 0 amide bonds. The lowest BCUT2D eigenvalue weighted by molar-refractivity contribution is -0.137. The van der Waals surface area contributed by atoms with Gasteiger partial charge >= 0.3 is 5.97 Å². The predicted octanol–water partition coefficient (Wildman–Crippen LogP) is 3.84. The summed E-state index contributed by atoms with van der Waals surface area (Å²) >= 11 is 0. The molecule has 1 aromatic carbocycles. The molecule has 24 heavy (non-hydrogen) atoms. The second-order valence-corrected chi connectivity index (χ2v) is 6.99. The van der Waals surface area contributed by atoms with Crippen molar-refractivity contribution in [1.82, 2.24) is 9.78 Å². The number of halogens is 1. The minimum Gasteiger partial charge on any atom is -0.481 e. The van der Waals surface area contributed by atoms with Gasteiger partial charge in [0.15, 0.2) is 0 Å². The Morgan fingerprint density at radius 1 is 1.25 bits per heavy atom. The van der Waals surface area contributed by atoms with Gasteiger partial charge in [0.2, 0.25) is 0 Å². The van der Waals surface area contributed by atoms with Crippen LogP contribution in [0.2, 0.25) is 0 Å². The van der Waals surface area contributed by atoms with Crippen molar-refractivity contribution >= 4 is 5.97 Å². The predicted molar refractivity (Wildman–Crippen MR) is 87.6 cm³/mol. The van der Waals surface area contributed by atoms with E-state index >= 15 is 0 Å². The lowest BCUT2D eigenvalue weighted by Crippen LogP contribution is -2.16. The van der Waals surface area contributed by atoms with E-state index in [1.165, 1.54) is 23.4 Å². The molecule has 1 unspecified atom stereocenters. The molecule has 0 bridgehead atoms. The van der Waals surface area contributed by atoms with Crippen molar-refractivity contribution in [3.63, 3.8) is 0 Å². The number of hydrogen-bond donors (Lipinski definition) is 1. The quantitative estimate of drug-likeness (QED) is 0.907. The molecular formula is C19H21FN2O2. The van der Waals surface area contributed by atoms with E-state index in [1.807, 2.05) is 4.68 Å². The standard InChI is InChI=1S/C19H21FN2O2/c20-15-8-4-12(5-9-15)11-22-16-3-1-2-14(10-17(23)24)18(16)19(21-22)13-6-7-13/h4-5,8-9,13-14H,1-3,6-7,10-11H2,(H,23,24). The number of carboxylic acids is 1. The van der Waals surface area contributed by atoms with Crippen molar-refractivity contribution in [3.05, 3.63) is 52.6 Å². The molecule has 0 saturated heterocycles. The molecular weight excluding hydrogens is 307 g/mol. The Morgan fingerprint density at radius 2 is 2.00 bits per heavy atom. The van der Waals surface area contributed by atoms with Crippen molar-refractivity contribution in [2.45, 2.75) is 56.9 Å². The maximum atomic E-state index is 13.1. The average molecular weight is 328 g/mol. The van der Waals surface area contributed by atoms with Crippen molar-refractivity contribution < 1.29 is 14.3 Å². The van der Waals surface area contributed by atoms with E-state index in [1.54, 1.807) is 12.1 Å². The summed E-state index contributed by atoms with van der Waals surface area (Å²) in [6.45, 7) is 0.620. The Bertz CT molecular complexity index is 762. The zero-order valence-electron chi connectivity index (χ0n) is 13.5. The fourth-order valence-electron chi connectivity index (χ4n) is 3.87. The van der Waals surface area contributed by atoms with Gasteiger partial charge in [-0.25, -0.2) is 4.39 Å². The first kappa shape index (κ1) is 15.4. The van der Waals surface area contributed by atoms with Crippen LogP contribution in [0.25, 0.3) is 0 Å². The third-order valence-corrected chi connectivity index (χ3v) is 5.13. The molecule has 1 fully saturated rings. The minimum absolute atomic E-state index is 0.0869. The number of benzene rings is 1. The van der Waals surface area contributed by atoms with Gasteiger partial charge in [-0.3, -0.25) is 9.48 Å². The van der Waals surface area contributed by atoms with Crippen LogP contribution in [-0.4, -0.2) is 20.9 Å². The highest BCUT2D eigenvalue weighted by Gasteiger charge is 2.36. The summed E-state index contributed by atoms with van der Waals surface area (Å²) in [7, 11) is 0. The topological polar surface area (TPSA) is 55.1 Å². The maximum absolute atomic E-state index is 13.1. The second kappa shape index (κ2) is 6.04. The van der Waals surface area contributed by atoms with Crippen LogP contribution < -0.4 is 0 Å². The second-order valence-electron chi connectivity index (χ2n) is 6.99. The minimum atomic E-state index is -0.735. The number of nitrogens with zero attached hydrogens (tertiary/aromatic N) is 2. The molecule has 1 aromatic heterocycles. The van der Waals surface area contributed by atoms with E-state index in [9.17, 15) is 14.3 Å². The van der Waals surface area contributed by atoms with Crippen LogP contribution in [-0.2, 0) is 17.8 Å². The van der Waals surface area contributed by atoms with Crippen LogP contribution in [0.5, 0.6) is 0 Å². The molecule has 126 valence electrons. The van der Waals surface area contributed by atoms with E-state index in [2.05, 4.69) is 0 Å². The largest absolute Gasteiger partial charge is 0.481 e. The number of carboxylic acid groups (broad SMARTS) is 1. The first-order valence-corrected chi connectivity index (χ1v) is 8.67. The number of aromatic nitrogens is 2. The summed E-state index contributed by atoms with van der Waals surface area (Å²) < 4.78 is 15.1. The summed E-state index contributed by atoms with van der Waals surface area (Å²) in [5.74, 6) is -0.381. The number of aliphatic carboxylic acids is 1. The van der Waals surface area contributed by atoms with Gasteiger partial charge in [-0.05, 0) is 55.7 Å². The van der Waals surface area contributed by atoms with E-state index in [-0.39, 0.29) is 18.2 Å². The van der Waals surface area contributed by atoms with Gasteiger partial charge in [0.05, 0.1) is 18.7 Å². The zero-order valence-corrected chi connectivity index (χ0v) is 13.5. The summed E-state index contributed by atoms with van der Waals surface area (Å²) in [6, 6.07) is 6.52. The summed E-state index contributed by atoms with van der Waals surface area (Å²) in [5.41, 5.74) is 4.54. The molecule has 0 spiro atoms. The maximum Gasteiger partial charge on any atom is 0.303 e.